The highest BCUT2D eigenvalue weighted by Gasteiger charge is 2.42. The number of fused-ring (bicyclic) bond motifs is 2. The average Bonchev–Trinajstić information content (AvgIpc) is 3.10. The fraction of sp³-hybridized carbons (Fsp3) is 0.143. The summed E-state index contributed by atoms with van der Waals surface area (Å²) in [5.74, 6) is -1.54. The van der Waals surface area contributed by atoms with Crippen molar-refractivity contribution in [2.45, 2.75) is 13.1 Å². The summed E-state index contributed by atoms with van der Waals surface area (Å²) < 4.78 is 44.3. The second-order valence-electron chi connectivity index (χ2n) is 6.24. The Morgan fingerprint density at radius 2 is 1.82 bits per heavy atom. The maximum absolute atomic E-state index is 12.8. The Kier molecular flexibility index (Phi) is 4.30. The van der Waals surface area contributed by atoms with Crippen molar-refractivity contribution >= 4 is 33.5 Å². The van der Waals surface area contributed by atoms with Gasteiger partial charge in [0.05, 0.1) is 0 Å². The van der Waals surface area contributed by atoms with Crippen LogP contribution >= 0.6 is 0 Å². The van der Waals surface area contributed by atoms with E-state index in [9.17, 15) is 18.0 Å². The number of nitrogens with zero attached hydrogens (tertiary/aromatic N) is 2. The molecule has 0 aliphatic carbocycles. The van der Waals surface area contributed by atoms with Gasteiger partial charge >= 0.3 is 12.1 Å². The van der Waals surface area contributed by atoms with E-state index in [-0.39, 0.29) is 12.2 Å². The van der Waals surface area contributed by atoms with Gasteiger partial charge in [0, 0.05) is 23.9 Å². The summed E-state index contributed by atoms with van der Waals surface area (Å²) in [4.78, 5) is 16.8. The van der Waals surface area contributed by atoms with Gasteiger partial charge in [0.1, 0.15) is 5.52 Å². The molecular weight excluding hydrogens is 369 g/mol. The van der Waals surface area contributed by atoms with E-state index >= 15 is 0 Å². The number of hydrogen-bond acceptors (Lipinski definition) is 3. The van der Waals surface area contributed by atoms with Crippen molar-refractivity contribution in [3.63, 3.8) is 0 Å². The summed E-state index contributed by atoms with van der Waals surface area (Å²) in [6.45, 7) is 1.37. The van der Waals surface area contributed by atoms with Crippen molar-refractivity contribution in [1.29, 1.82) is 0 Å². The lowest BCUT2D eigenvalue weighted by Gasteiger charge is -2.21. The number of oxazole rings is 1. The summed E-state index contributed by atoms with van der Waals surface area (Å²) >= 11 is 0. The summed E-state index contributed by atoms with van der Waals surface area (Å²) in [6.07, 6.45) is -4.94. The molecule has 0 atom stereocenters. The number of aromatic nitrogens is 1. The fourth-order valence-electron chi connectivity index (χ4n) is 3.20. The van der Waals surface area contributed by atoms with E-state index < -0.39 is 12.1 Å². The van der Waals surface area contributed by atoms with Gasteiger partial charge in [-0.3, -0.25) is 4.79 Å². The predicted octanol–water partition coefficient (Wildman–Crippen LogP) is 5.56. The van der Waals surface area contributed by atoms with Gasteiger partial charge in [0.15, 0.2) is 5.58 Å². The standard InChI is InChI=1S/C21H15F3N2O2/c1-2-26(20(27)21(22,23)24)14-10-11-17-18(12-14)28-19(25-17)16-9-5-7-13-6-3-4-8-15(13)16/h3-12H,2H2,1H3. The van der Waals surface area contributed by atoms with Crippen molar-refractivity contribution in [3.8, 4) is 11.5 Å². The van der Waals surface area contributed by atoms with Crippen LogP contribution in [0, 0.1) is 0 Å². The molecule has 0 fully saturated rings. The maximum Gasteiger partial charge on any atom is 0.471 e. The Balaban J connectivity index is 1.79. The van der Waals surface area contributed by atoms with E-state index in [0.29, 0.717) is 21.9 Å². The first kappa shape index (κ1) is 18.0. The molecule has 0 saturated carbocycles. The summed E-state index contributed by atoms with van der Waals surface area (Å²) in [5, 5.41) is 1.98. The number of amides is 1. The third-order valence-corrected chi connectivity index (χ3v) is 4.51. The number of benzene rings is 3. The minimum Gasteiger partial charge on any atom is -0.436 e. The van der Waals surface area contributed by atoms with Gasteiger partial charge in [-0.25, -0.2) is 4.98 Å². The van der Waals surface area contributed by atoms with Gasteiger partial charge in [-0.15, -0.1) is 0 Å². The largest absolute Gasteiger partial charge is 0.471 e. The number of hydrogen-bond donors (Lipinski definition) is 0. The van der Waals surface area contributed by atoms with Crippen molar-refractivity contribution in [2.75, 3.05) is 11.4 Å². The molecule has 0 aliphatic heterocycles. The second kappa shape index (κ2) is 6.67. The molecule has 28 heavy (non-hydrogen) atoms. The molecule has 0 spiro atoms. The van der Waals surface area contributed by atoms with Crippen LogP contribution in [0.15, 0.2) is 65.1 Å². The van der Waals surface area contributed by atoms with Crippen LogP contribution in [0.1, 0.15) is 6.92 Å². The third kappa shape index (κ3) is 3.09. The topological polar surface area (TPSA) is 46.3 Å². The molecule has 0 unspecified atom stereocenters. The summed E-state index contributed by atoms with van der Waals surface area (Å²) in [5.41, 5.74) is 1.71. The lowest BCUT2D eigenvalue weighted by Crippen LogP contribution is -2.41. The molecule has 0 saturated heterocycles. The van der Waals surface area contributed by atoms with Crippen molar-refractivity contribution in [2.24, 2.45) is 0 Å². The van der Waals surface area contributed by atoms with Crippen LogP contribution in [-0.4, -0.2) is 23.6 Å². The number of anilines is 1. The van der Waals surface area contributed by atoms with Gasteiger partial charge in [0.25, 0.3) is 0 Å². The Bertz CT molecular complexity index is 1180. The fourth-order valence-corrected chi connectivity index (χ4v) is 3.20. The van der Waals surface area contributed by atoms with Gasteiger partial charge in [-0.05, 0) is 35.9 Å². The van der Waals surface area contributed by atoms with Crippen LogP contribution in [0.2, 0.25) is 0 Å². The van der Waals surface area contributed by atoms with E-state index in [1.54, 1.807) is 6.07 Å². The van der Waals surface area contributed by atoms with Crippen molar-refractivity contribution in [3.05, 3.63) is 60.7 Å². The van der Waals surface area contributed by atoms with Crippen LogP contribution in [0.5, 0.6) is 0 Å². The van der Waals surface area contributed by atoms with Gasteiger partial charge < -0.3 is 9.32 Å². The van der Waals surface area contributed by atoms with Gasteiger partial charge in [0.2, 0.25) is 5.89 Å². The van der Waals surface area contributed by atoms with E-state index in [1.807, 2.05) is 42.5 Å². The molecule has 0 N–H and O–H groups in total. The summed E-state index contributed by atoms with van der Waals surface area (Å²) in [7, 11) is 0. The number of rotatable bonds is 3. The van der Waals surface area contributed by atoms with Crippen molar-refractivity contribution in [1.82, 2.24) is 4.98 Å². The Hall–Kier alpha value is -3.35. The molecule has 0 radical (unpaired) electrons. The molecule has 0 bridgehead atoms. The summed E-state index contributed by atoms with van der Waals surface area (Å²) in [6, 6.07) is 17.9. The highest BCUT2D eigenvalue weighted by atomic mass is 19.4. The molecule has 1 amide bonds. The van der Waals surface area contributed by atoms with Crippen LogP contribution in [0.4, 0.5) is 18.9 Å². The second-order valence-corrected chi connectivity index (χ2v) is 6.24. The molecule has 7 heteroatoms. The van der Waals surface area contributed by atoms with E-state index in [2.05, 4.69) is 4.98 Å². The first-order valence-corrected chi connectivity index (χ1v) is 8.66. The molecule has 1 aromatic heterocycles. The number of alkyl halides is 3. The van der Waals surface area contributed by atoms with Gasteiger partial charge in [-0.1, -0.05) is 36.4 Å². The number of carbonyl (C=O) groups is 1. The smallest absolute Gasteiger partial charge is 0.436 e. The molecule has 142 valence electrons. The zero-order chi connectivity index (χ0) is 19.9. The normalized spacial score (nSPS) is 11.9. The molecule has 1 heterocycles. The van der Waals surface area contributed by atoms with E-state index in [4.69, 9.17) is 4.42 Å². The minimum atomic E-state index is -4.94. The highest BCUT2D eigenvalue weighted by Crippen LogP contribution is 2.32. The lowest BCUT2D eigenvalue weighted by molar-refractivity contribution is -0.170. The Labute approximate surface area is 158 Å². The molecule has 4 aromatic rings. The quantitative estimate of drug-likeness (QED) is 0.464. The van der Waals surface area contributed by atoms with E-state index in [0.717, 1.165) is 16.3 Å². The van der Waals surface area contributed by atoms with Crippen molar-refractivity contribution < 1.29 is 22.4 Å². The first-order valence-electron chi connectivity index (χ1n) is 8.66. The zero-order valence-corrected chi connectivity index (χ0v) is 14.8. The average molecular weight is 384 g/mol. The van der Waals surface area contributed by atoms with Gasteiger partial charge in [-0.2, -0.15) is 13.2 Å². The highest BCUT2D eigenvalue weighted by molar-refractivity contribution is 5.99. The van der Waals surface area contributed by atoms with Crippen LogP contribution in [0.3, 0.4) is 0 Å². The Morgan fingerprint density at radius 1 is 1.07 bits per heavy atom. The Morgan fingerprint density at radius 3 is 2.57 bits per heavy atom. The third-order valence-electron chi connectivity index (χ3n) is 4.51. The number of halogens is 3. The lowest BCUT2D eigenvalue weighted by atomic mass is 10.0. The monoisotopic (exact) mass is 384 g/mol. The SMILES string of the molecule is CCN(C(=O)C(F)(F)F)c1ccc2nc(-c3cccc4ccccc34)oc2c1. The first-order chi connectivity index (χ1) is 13.4. The maximum atomic E-state index is 12.8. The molecule has 3 aromatic carbocycles. The number of carbonyl (C=O) groups excluding carboxylic acids is 1. The van der Waals surface area contributed by atoms with E-state index in [1.165, 1.54) is 19.1 Å². The minimum absolute atomic E-state index is 0.109. The molecule has 0 aliphatic rings. The predicted molar refractivity (Wildman–Crippen MR) is 101 cm³/mol. The van der Waals surface area contributed by atoms with Crippen LogP contribution in [-0.2, 0) is 4.79 Å². The zero-order valence-electron chi connectivity index (χ0n) is 14.8. The molecule has 4 nitrogen and oxygen atoms in total. The van der Waals surface area contributed by atoms with Crippen LogP contribution in [0.25, 0.3) is 33.3 Å². The molecule has 4 rings (SSSR count). The molecular formula is C21H15F3N2O2. The van der Waals surface area contributed by atoms with Crippen LogP contribution < -0.4 is 4.90 Å².